The molecule has 0 bridgehead atoms. The number of nitrogens with two attached hydrogens (primary N) is 1. The van der Waals surface area contributed by atoms with Gasteiger partial charge in [0.1, 0.15) is 0 Å². The zero-order valence-electron chi connectivity index (χ0n) is 10.6. The molecule has 2 N–H and O–H groups in total. The highest BCUT2D eigenvalue weighted by Gasteiger charge is 2.04. The van der Waals surface area contributed by atoms with Crippen molar-refractivity contribution in [2.75, 3.05) is 0 Å². The quantitative estimate of drug-likeness (QED) is 0.775. The molecule has 0 saturated carbocycles. The van der Waals surface area contributed by atoms with Crippen molar-refractivity contribution in [2.24, 2.45) is 5.73 Å². The highest BCUT2D eigenvalue weighted by molar-refractivity contribution is 7.98. The van der Waals surface area contributed by atoms with Crippen LogP contribution >= 0.6 is 35.0 Å². The summed E-state index contributed by atoms with van der Waals surface area (Å²) in [4.78, 5) is 1.19. The van der Waals surface area contributed by atoms with Gasteiger partial charge in [0.15, 0.2) is 0 Å². The van der Waals surface area contributed by atoms with Gasteiger partial charge in [-0.3, -0.25) is 0 Å². The van der Waals surface area contributed by atoms with Crippen LogP contribution in [0.5, 0.6) is 0 Å². The van der Waals surface area contributed by atoms with Crippen molar-refractivity contribution in [2.45, 2.75) is 23.6 Å². The zero-order chi connectivity index (χ0) is 13.8. The molecule has 0 radical (unpaired) electrons. The summed E-state index contributed by atoms with van der Waals surface area (Å²) in [5.41, 5.74) is 8.02. The van der Waals surface area contributed by atoms with E-state index < -0.39 is 0 Å². The van der Waals surface area contributed by atoms with Crippen LogP contribution in [0.4, 0.5) is 0 Å². The molecule has 2 aromatic carbocycles. The average Bonchev–Trinajstić information content (AvgIpc) is 2.40. The highest BCUT2D eigenvalue weighted by atomic mass is 35.5. The Morgan fingerprint density at radius 3 is 2.42 bits per heavy atom. The van der Waals surface area contributed by atoms with Crippen LogP contribution in [-0.4, -0.2) is 0 Å². The molecule has 0 spiro atoms. The van der Waals surface area contributed by atoms with E-state index in [1.165, 1.54) is 4.90 Å². The van der Waals surface area contributed by atoms with E-state index in [2.05, 4.69) is 24.3 Å². The lowest BCUT2D eigenvalue weighted by Crippen LogP contribution is -2.04. The molecular weight excluding hydrogens is 297 g/mol. The third-order valence-corrected chi connectivity index (χ3v) is 4.47. The lowest BCUT2D eigenvalue weighted by Gasteiger charge is -2.08. The van der Waals surface area contributed by atoms with Gasteiger partial charge < -0.3 is 5.73 Å². The van der Waals surface area contributed by atoms with E-state index in [1.54, 1.807) is 17.8 Å². The fraction of sp³-hybridized carbons (Fsp3) is 0.200. The summed E-state index contributed by atoms with van der Waals surface area (Å²) >= 11 is 13.8. The standard InChI is InChI=1S/C15H15Cl2NS/c1-10(18)11-2-5-14(6-3-11)19-9-12-8-13(16)4-7-15(12)17/h2-8,10H,9,18H2,1H3. The smallest absolute Gasteiger partial charge is 0.0447 e. The Bertz CT molecular complexity index is 553. The molecule has 100 valence electrons. The Kier molecular flexibility index (Phi) is 5.17. The summed E-state index contributed by atoms with van der Waals surface area (Å²) in [5, 5.41) is 1.47. The molecule has 2 aromatic rings. The molecule has 1 atom stereocenters. The summed E-state index contributed by atoms with van der Waals surface area (Å²) < 4.78 is 0. The Hall–Kier alpha value is -0.670. The fourth-order valence-electron chi connectivity index (χ4n) is 1.68. The minimum absolute atomic E-state index is 0.0708. The van der Waals surface area contributed by atoms with Gasteiger partial charge in [0.05, 0.1) is 0 Å². The van der Waals surface area contributed by atoms with Gasteiger partial charge in [-0.1, -0.05) is 35.3 Å². The molecular formula is C15H15Cl2NS. The fourth-order valence-corrected chi connectivity index (χ4v) is 3.03. The van der Waals surface area contributed by atoms with Crippen LogP contribution in [0.1, 0.15) is 24.1 Å². The van der Waals surface area contributed by atoms with Crippen molar-refractivity contribution in [3.05, 3.63) is 63.6 Å². The largest absolute Gasteiger partial charge is 0.324 e. The summed E-state index contributed by atoms with van der Waals surface area (Å²) in [6.07, 6.45) is 0. The molecule has 4 heteroatoms. The van der Waals surface area contributed by atoms with Gasteiger partial charge in [0.2, 0.25) is 0 Å². The Balaban J connectivity index is 2.04. The lowest BCUT2D eigenvalue weighted by molar-refractivity contribution is 0.817. The van der Waals surface area contributed by atoms with E-state index in [0.29, 0.717) is 5.02 Å². The Labute approximate surface area is 128 Å². The first-order valence-corrected chi connectivity index (χ1v) is 7.72. The first-order chi connectivity index (χ1) is 9.06. The van der Waals surface area contributed by atoms with E-state index in [-0.39, 0.29) is 6.04 Å². The topological polar surface area (TPSA) is 26.0 Å². The van der Waals surface area contributed by atoms with Crippen LogP contribution in [-0.2, 0) is 5.75 Å². The van der Waals surface area contributed by atoms with E-state index in [4.69, 9.17) is 28.9 Å². The molecule has 0 aromatic heterocycles. The maximum absolute atomic E-state index is 6.14. The highest BCUT2D eigenvalue weighted by Crippen LogP contribution is 2.29. The predicted molar refractivity (Wildman–Crippen MR) is 85.1 cm³/mol. The van der Waals surface area contributed by atoms with Crippen molar-refractivity contribution in [1.29, 1.82) is 0 Å². The normalized spacial score (nSPS) is 12.4. The van der Waals surface area contributed by atoms with Crippen LogP contribution in [0.2, 0.25) is 10.0 Å². The second-order valence-electron chi connectivity index (χ2n) is 4.38. The van der Waals surface area contributed by atoms with Crippen molar-refractivity contribution < 1.29 is 0 Å². The molecule has 1 unspecified atom stereocenters. The van der Waals surface area contributed by atoms with Crippen LogP contribution in [0, 0.1) is 0 Å². The van der Waals surface area contributed by atoms with E-state index in [1.807, 2.05) is 19.1 Å². The van der Waals surface area contributed by atoms with Gasteiger partial charge in [-0.05, 0) is 48.4 Å². The van der Waals surface area contributed by atoms with Crippen LogP contribution < -0.4 is 5.73 Å². The number of halogens is 2. The number of benzene rings is 2. The first-order valence-electron chi connectivity index (χ1n) is 5.98. The van der Waals surface area contributed by atoms with Gasteiger partial charge in [-0.15, -0.1) is 11.8 Å². The zero-order valence-corrected chi connectivity index (χ0v) is 12.9. The molecule has 0 amide bonds. The van der Waals surface area contributed by atoms with Crippen molar-refractivity contribution >= 4 is 35.0 Å². The van der Waals surface area contributed by atoms with Crippen LogP contribution in [0.3, 0.4) is 0 Å². The minimum atomic E-state index is 0.0708. The first kappa shape index (κ1) is 14.7. The lowest BCUT2D eigenvalue weighted by atomic mass is 10.1. The number of rotatable bonds is 4. The molecule has 0 saturated heterocycles. The van der Waals surface area contributed by atoms with Crippen molar-refractivity contribution in [1.82, 2.24) is 0 Å². The number of hydrogen-bond donors (Lipinski definition) is 1. The van der Waals surface area contributed by atoms with Crippen LogP contribution in [0.15, 0.2) is 47.4 Å². The van der Waals surface area contributed by atoms with Crippen molar-refractivity contribution in [3.63, 3.8) is 0 Å². The van der Waals surface area contributed by atoms with E-state index in [0.717, 1.165) is 21.9 Å². The molecule has 19 heavy (non-hydrogen) atoms. The third kappa shape index (κ3) is 4.15. The van der Waals surface area contributed by atoms with Crippen LogP contribution in [0.25, 0.3) is 0 Å². The van der Waals surface area contributed by atoms with E-state index >= 15 is 0 Å². The maximum atomic E-state index is 6.14. The molecule has 2 rings (SSSR count). The molecule has 0 heterocycles. The van der Waals surface area contributed by atoms with Gasteiger partial charge in [0.25, 0.3) is 0 Å². The summed E-state index contributed by atoms with van der Waals surface area (Å²) in [7, 11) is 0. The Morgan fingerprint density at radius 1 is 1.11 bits per heavy atom. The molecule has 0 fully saturated rings. The summed E-state index contributed by atoms with van der Waals surface area (Å²) in [6.45, 7) is 1.98. The monoisotopic (exact) mass is 311 g/mol. The molecule has 0 aliphatic rings. The molecule has 0 aliphatic heterocycles. The second kappa shape index (κ2) is 6.67. The molecule has 1 nitrogen and oxygen atoms in total. The number of thioether (sulfide) groups is 1. The third-order valence-electron chi connectivity index (χ3n) is 2.81. The van der Waals surface area contributed by atoms with Gasteiger partial charge in [0, 0.05) is 26.7 Å². The van der Waals surface area contributed by atoms with Crippen molar-refractivity contribution in [3.8, 4) is 0 Å². The van der Waals surface area contributed by atoms with Gasteiger partial charge in [-0.25, -0.2) is 0 Å². The Morgan fingerprint density at radius 2 is 1.79 bits per heavy atom. The summed E-state index contributed by atoms with van der Waals surface area (Å²) in [5.74, 6) is 0.802. The number of hydrogen-bond acceptors (Lipinski definition) is 2. The second-order valence-corrected chi connectivity index (χ2v) is 6.27. The minimum Gasteiger partial charge on any atom is -0.324 e. The SMILES string of the molecule is CC(N)c1ccc(SCc2cc(Cl)ccc2Cl)cc1. The van der Waals surface area contributed by atoms with Gasteiger partial charge in [-0.2, -0.15) is 0 Å². The maximum Gasteiger partial charge on any atom is 0.0447 e. The average molecular weight is 312 g/mol. The summed E-state index contributed by atoms with van der Waals surface area (Å²) in [6, 6.07) is 13.9. The predicted octanol–water partition coefficient (Wildman–Crippen LogP) is 5.31. The molecule has 0 aliphatic carbocycles. The van der Waals surface area contributed by atoms with Gasteiger partial charge >= 0.3 is 0 Å². The van der Waals surface area contributed by atoms with E-state index in [9.17, 15) is 0 Å².